The van der Waals surface area contributed by atoms with E-state index in [9.17, 15) is 9.59 Å². The largest absolute Gasteiger partial charge is 0.493 e. The molecule has 2 aromatic rings. The lowest BCUT2D eigenvalue weighted by Gasteiger charge is -2.24. The molecule has 172 valence electrons. The van der Waals surface area contributed by atoms with Crippen molar-refractivity contribution in [2.24, 2.45) is 11.8 Å². The van der Waals surface area contributed by atoms with Gasteiger partial charge in [-0.15, -0.1) is 0 Å². The lowest BCUT2D eigenvalue weighted by Crippen LogP contribution is -2.41. The maximum atomic E-state index is 13.5. The zero-order valence-corrected chi connectivity index (χ0v) is 19.1. The normalized spacial score (nSPS) is 27.0. The Morgan fingerprint density at radius 1 is 1.12 bits per heavy atom. The van der Waals surface area contributed by atoms with Crippen LogP contribution >= 0.6 is 11.6 Å². The van der Waals surface area contributed by atoms with Crippen LogP contribution in [0.4, 0.5) is 11.4 Å². The average molecular weight is 471 g/mol. The summed E-state index contributed by atoms with van der Waals surface area (Å²) in [6, 6.07) is 10.3. The third kappa shape index (κ3) is 3.32. The summed E-state index contributed by atoms with van der Waals surface area (Å²) < 4.78 is 22.3. The number of ether oxygens (including phenoxy) is 4. The first-order chi connectivity index (χ1) is 15.9. The topological polar surface area (TPSA) is 86.3 Å². The second kappa shape index (κ2) is 7.97. The van der Waals surface area contributed by atoms with Gasteiger partial charge in [0.2, 0.25) is 17.6 Å². The predicted octanol–water partition coefficient (Wildman–Crippen LogP) is 3.29. The molecule has 1 spiro atoms. The Hall–Kier alpha value is -3.23. The number of rotatable bonds is 6. The van der Waals surface area contributed by atoms with Gasteiger partial charge < -0.3 is 29.2 Å². The number of methoxy groups -OCH3 is 3. The van der Waals surface area contributed by atoms with Crippen molar-refractivity contribution in [3.8, 4) is 17.2 Å². The van der Waals surface area contributed by atoms with E-state index in [4.69, 9.17) is 30.5 Å². The zero-order valence-electron chi connectivity index (χ0n) is 18.3. The maximum absolute atomic E-state index is 13.5. The summed E-state index contributed by atoms with van der Waals surface area (Å²) in [5.74, 6) is -0.486. The number of anilines is 2. The minimum Gasteiger partial charge on any atom is -0.493 e. The Morgan fingerprint density at radius 2 is 1.79 bits per heavy atom. The minimum atomic E-state index is -0.821. The van der Waals surface area contributed by atoms with E-state index in [1.165, 1.54) is 21.3 Å². The molecule has 8 nitrogen and oxygen atoms in total. The number of amides is 2. The second-order valence-corrected chi connectivity index (χ2v) is 8.64. The quantitative estimate of drug-likeness (QED) is 0.652. The van der Waals surface area contributed by atoms with Crippen molar-refractivity contribution in [2.45, 2.75) is 11.7 Å². The van der Waals surface area contributed by atoms with Crippen LogP contribution in [0, 0.1) is 11.8 Å². The number of carbonyl (C=O) groups is 2. The van der Waals surface area contributed by atoms with Crippen LogP contribution in [0.15, 0.2) is 48.6 Å². The Labute approximate surface area is 196 Å². The fraction of sp³-hybridized carbons (Fsp3) is 0.333. The molecule has 3 aliphatic heterocycles. The number of hydrogen-bond acceptors (Lipinski definition) is 6. The third-order valence-electron chi connectivity index (χ3n) is 6.47. The molecule has 5 rings (SSSR count). The van der Waals surface area contributed by atoms with Gasteiger partial charge in [0.05, 0.1) is 45.8 Å². The van der Waals surface area contributed by atoms with E-state index in [2.05, 4.69) is 5.32 Å². The van der Waals surface area contributed by atoms with E-state index in [0.29, 0.717) is 34.5 Å². The minimum absolute atomic E-state index is 0.144. The summed E-state index contributed by atoms with van der Waals surface area (Å²) in [5, 5.41) is 3.49. The Bertz CT molecular complexity index is 1130. The molecular formula is C24H23ClN2O6. The number of benzene rings is 2. The van der Waals surface area contributed by atoms with Crippen LogP contribution in [0.2, 0.25) is 5.02 Å². The molecule has 33 heavy (non-hydrogen) atoms. The fourth-order valence-corrected chi connectivity index (χ4v) is 5.14. The smallest absolute Gasteiger partial charge is 0.234 e. The van der Waals surface area contributed by atoms with E-state index < -0.39 is 23.5 Å². The molecule has 2 aromatic carbocycles. The van der Waals surface area contributed by atoms with E-state index in [1.807, 2.05) is 12.2 Å². The van der Waals surface area contributed by atoms with Crippen LogP contribution in [-0.2, 0) is 14.3 Å². The Balaban J connectivity index is 1.43. The standard InChI is InChI=1S/C24H23ClN2O6/c1-30-17-10-14(11-18(31-2)21(17)32-3)26-22(28)19-16-8-9-24(33-16)12-27(23(29)20(19)24)15-6-4-13(25)5-7-15/h4-11,16,19-20H,12H2,1-3H3,(H,26,28)/t16-,19-,20+,24-/m1/s1. The number of fused-ring (bicyclic) bond motifs is 1. The molecule has 2 fully saturated rings. The molecule has 2 bridgehead atoms. The van der Waals surface area contributed by atoms with Crippen molar-refractivity contribution in [1.29, 1.82) is 0 Å². The molecule has 9 heteroatoms. The van der Waals surface area contributed by atoms with E-state index in [1.54, 1.807) is 41.3 Å². The van der Waals surface area contributed by atoms with Gasteiger partial charge in [-0.2, -0.15) is 0 Å². The number of nitrogens with one attached hydrogen (secondary N) is 1. The highest BCUT2D eigenvalue weighted by atomic mass is 35.5. The van der Waals surface area contributed by atoms with Crippen LogP contribution in [-0.4, -0.2) is 51.4 Å². The van der Waals surface area contributed by atoms with Crippen molar-refractivity contribution in [3.05, 3.63) is 53.6 Å². The van der Waals surface area contributed by atoms with Crippen LogP contribution < -0.4 is 24.4 Å². The van der Waals surface area contributed by atoms with Gasteiger partial charge in [0.25, 0.3) is 0 Å². The second-order valence-electron chi connectivity index (χ2n) is 8.20. The first-order valence-electron chi connectivity index (χ1n) is 10.5. The van der Waals surface area contributed by atoms with Gasteiger partial charge in [0.15, 0.2) is 11.5 Å². The van der Waals surface area contributed by atoms with Crippen LogP contribution in [0.1, 0.15) is 0 Å². The van der Waals surface area contributed by atoms with Crippen LogP contribution in [0.3, 0.4) is 0 Å². The van der Waals surface area contributed by atoms with Crippen LogP contribution in [0.5, 0.6) is 17.2 Å². The molecule has 0 radical (unpaired) electrons. The summed E-state index contributed by atoms with van der Waals surface area (Å²) in [5.41, 5.74) is 0.367. The van der Waals surface area contributed by atoms with Gasteiger partial charge in [-0.25, -0.2) is 0 Å². The highest BCUT2D eigenvalue weighted by Crippen LogP contribution is 2.53. The number of nitrogens with zero attached hydrogens (tertiary/aromatic N) is 1. The van der Waals surface area contributed by atoms with Gasteiger partial charge in [0, 0.05) is 28.5 Å². The molecular weight excluding hydrogens is 448 g/mol. The van der Waals surface area contributed by atoms with Gasteiger partial charge in [-0.05, 0) is 24.3 Å². The molecule has 0 aliphatic carbocycles. The lowest BCUT2D eigenvalue weighted by atomic mass is 9.77. The third-order valence-corrected chi connectivity index (χ3v) is 6.73. The highest BCUT2D eigenvalue weighted by Gasteiger charge is 2.67. The monoisotopic (exact) mass is 470 g/mol. The van der Waals surface area contributed by atoms with E-state index in [0.717, 1.165) is 5.69 Å². The number of carbonyl (C=O) groups excluding carboxylic acids is 2. The molecule has 1 N–H and O–H groups in total. The molecule has 3 aliphatic rings. The predicted molar refractivity (Wildman–Crippen MR) is 122 cm³/mol. The molecule has 0 unspecified atom stereocenters. The van der Waals surface area contributed by atoms with Crippen LogP contribution in [0.25, 0.3) is 0 Å². The molecule has 4 atom stereocenters. The van der Waals surface area contributed by atoms with Crippen molar-refractivity contribution in [1.82, 2.24) is 0 Å². The summed E-state index contributed by atoms with van der Waals surface area (Å²) in [4.78, 5) is 28.5. The maximum Gasteiger partial charge on any atom is 0.234 e. The molecule has 2 saturated heterocycles. The summed E-state index contributed by atoms with van der Waals surface area (Å²) in [6.45, 7) is 0.346. The first kappa shape index (κ1) is 21.6. The van der Waals surface area contributed by atoms with Gasteiger partial charge in [-0.3, -0.25) is 9.59 Å². The SMILES string of the molecule is COc1cc(NC(=O)[C@H]2[C@H]3C(=O)N(c4ccc(Cl)cc4)C[C@]34C=C[C@H]2O4)cc(OC)c1OC. The molecule has 0 aromatic heterocycles. The van der Waals surface area contributed by atoms with E-state index >= 15 is 0 Å². The van der Waals surface area contributed by atoms with Crippen molar-refractivity contribution in [2.75, 3.05) is 38.1 Å². The van der Waals surface area contributed by atoms with Gasteiger partial charge >= 0.3 is 0 Å². The summed E-state index contributed by atoms with van der Waals surface area (Å²) >= 11 is 6.00. The Kier molecular flexibility index (Phi) is 5.22. The summed E-state index contributed by atoms with van der Waals surface area (Å²) in [7, 11) is 4.52. The van der Waals surface area contributed by atoms with E-state index in [-0.39, 0.29) is 11.8 Å². The first-order valence-corrected chi connectivity index (χ1v) is 10.8. The Morgan fingerprint density at radius 3 is 2.39 bits per heavy atom. The molecule has 2 amide bonds. The summed E-state index contributed by atoms with van der Waals surface area (Å²) in [6.07, 6.45) is 3.32. The van der Waals surface area contributed by atoms with Crippen molar-refractivity contribution in [3.63, 3.8) is 0 Å². The number of halogens is 1. The zero-order chi connectivity index (χ0) is 23.3. The van der Waals surface area contributed by atoms with Crippen molar-refractivity contribution < 1.29 is 28.5 Å². The molecule has 3 heterocycles. The average Bonchev–Trinajstić information content (AvgIpc) is 3.47. The highest BCUT2D eigenvalue weighted by molar-refractivity contribution is 6.30. The fourth-order valence-electron chi connectivity index (χ4n) is 5.02. The molecule has 0 saturated carbocycles. The van der Waals surface area contributed by atoms with Crippen molar-refractivity contribution >= 4 is 34.8 Å². The van der Waals surface area contributed by atoms with Gasteiger partial charge in [0.1, 0.15) is 5.60 Å². The number of hydrogen-bond donors (Lipinski definition) is 1. The lowest BCUT2D eigenvalue weighted by molar-refractivity contribution is -0.128. The van der Waals surface area contributed by atoms with Gasteiger partial charge in [-0.1, -0.05) is 23.8 Å².